The lowest BCUT2D eigenvalue weighted by Crippen LogP contribution is -2.53. The first-order valence-electron chi connectivity index (χ1n) is 8.67. The van der Waals surface area contributed by atoms with Crippen molar-refractivity contribution in [1.82, 2.24) is 0 Å². The molecule has 2 aromatic rings. The lowest BCUT2D eigenvalue weighted by molar-refractivity contribution is 0.0334. The maximum atomic E-state index is 10.9. The van der Waals surface area contributed by atoms with Crippen molar-refractivity contribution in [2.45, 2.75) is 30.8 Å². The van der Waals surface area contributed by atoms with Crippen molar-refractivity contribution in [1.29, 1.82) is 0 Å². The van der Waals surface area contributed by atoms with E-state index in [4.69, 9.17) is 0 Å². The molecule has 1 N–H and O–H groups in total. The summed E-state index contributed by atoms with van der Waals surface area (Å²) in [7, 11) is 0. The molecule has 5 rings (SSSR count). The van der Waals surface area contributed by atoms with E-state index < -0.39 is 6.10 Å². The Morgan fingerprint density at radius 3 is 1.88 bits per heavy atom. The minimum atomic E-state index is -0.395. The van der Waals surface area contributed by atoms with Crippen LogP contribution in [0.3, 0.4) is 0 Å². The molecule has 2 saturated carbocycles. The van der Waals surface area contributed by atoms with Crippen molar-refractivity contribution in [2.75, 3.05) is 0 Å². The Kier molecular flexibility index (Phi) is 2.75. The van der Waals surface area contributed by atoms with E-state index in [0.717, 1.165) is 4.48 Å². The Morgan fingerprint density at radius 2 is 1.33 bits per heavy atom. The van der Waals surface area contributed by atoms with E-state index in [9.17, 15) is 5.11 Å². The Labute approximate surface area is 151 Å². The fourth-order valence-electron chi connectivity index (χ4n) is 6.81. The Hall–Kier alpha value is -1.38. The zero-order chi connectivity index (χ0) is 16.7. The number of aliphatic hydroxyl groups excluding tert-OH is 1. The third kappa shape index (κ3) is 1.25. The monoisotopic (exact) mass is 380 g/mol. The molecule has 0 saturated heterocycles. The van der Waals surface area contributed by atoms with Gasteiger partial charge >= 0.3 is 0 Å². The van der Waals surface area contributed by atoms with Crippen molar-refractivity contribution in [3.8, 4) is 0 Å². The van der Waals surface area contributed by atoms with E-state index in [0.29, 0.717) is 5.92 Å². The van der Waals surface area contributed by atoms with E-state index in [2.05, 4.69) is 96.5 Å². The molecule has 0 bridgehead atoms. The molecular formula is C22H21BrO. The fraction of sp³-hybridized carbons (Fsp3) is 0.364. The quantitative estimate of drug-likeness (QED) is 0.792. The smallest absolute Gasteiger partial charge is 0.0894 e. The van der Waals surface area contributed by atoms with Crippen LogP contribution in [0.2, 0.25) is 0 Å². The number of hydrogen-bond acceptors (Lipinski definition) is 1. The molecule has 122 valence electrons. The van der Waals surface area contributed by atoms with Gasteiger partial charge in [0.1, 0.15) is 0 Å². The second kappa shape index (κ2) is 4.42. The third-order valence-electron chi connectivity index (χ3n) is 7.34. The number of halogens is 1. The van der Waals surface area contributed by atoms with Crippen molar-refractivity contribution < 1.29 is 5.11 Å². The van der Waals surface area contributed by atoms with Gasteiger partial charge in [0.05, 0.1) is 6.10 Å². The average Bonchev–Trinajstić information content (AvgIpc) is 2.83. The van der Waals surface area contributed by atoms with Gasteiger partial charge in [-0.3, -0.25) is 0 Å². The minimum Gasteiger partial charge on any atom is -0.388 e. The maximum Gasteiger partial charge on any atom is 0.0894 e. The van der Waals surface area contributed by atoms with Crippen LogP contribution in [0.25, 0.3) is 0 Å². The number of aliphatic hydroxyl groups is 1. The van der Waals surface area contributed by atoms with E-state index in [-0.39, 0.29) is 22.2 Å². The highest BCUT2D eigenvalue weighted by molar-refractivity contribution is 9.11. The molecule has 0 amide bonds. The van der Waals surface area contributed by atoms with Crippen LogP contribution in [0.1, 0.15) is 25.0 Å². The predicted octanol–water partition coefficient (Wildman–Crippen LogP) is 4.80. The first kappa shape index (κ1) is 14.9. The molecule has 3 aliphatic carbocycles. The van der Waals surface area contributed by atoms with Crippen LogP contribution in [0, 0.1) is 17.3 Å². The molecule has 0 heterocycles. The Morgan fingerprint density at radius 1 is 0.833 bits per heavy atom. The number of benzene rings is 2. The summed E-state index contributed by atoms with van der Waals surface area (Å²) < 4.78 is 0.964. The first-order valence-corrected chi connectivity index (χ1v) is 9.47. The molecule has 4 unspecified atom stereocenters. The highest BCUT2D eigenvalue weighted by atomic mass is 79.9. The van der Waals surface area contributed by atoms with Gasteiger partial charge in [-0.15, -0.1) is 0 Å². The van der Waals surface area contributed by atoms with Crippen molar-refractivity contribution in [3.63, 3.8) is 0 Å². The molecule has 24 heavy (non-hydrogen) atoms. The van der Waals surface area contributed by atoms with E-state index in [1.54, 1.807) is 0 Å². The van der Waals surface area contributed by atoms with Crippen LogP contribution in [-0.4, -0.2) is 11.2 Å². The highest BCUT2D eigenvalue weighted by Crippen LogP contribution is 2.94. The summed E-state index contributed by atoms with van der Waals surface area (Å²) in [5.74, 6) is 0.643. The van der Waals surface area contributed by atoms with E-state index in [1.807, 2.05) is 0 Å². The molecule has 5 atom stereocenters. The summed E-state index contributed by atoms with van der Waals surface area (Å²) >= 11 is 3.61. The van der Waals surface area contributed by atoms with Gasteiger partial charge in [0.15, 0.2) is 0 Å². The van der Waals surface area contributed by atoms with Crippen LogP contribution < -0.4 is 0 Å². The second-order valence-corrected chi connectivity index (χ2v) is 8.94. The summed E-state index contributed by atoms with van der Waals surface area (Å²) in [4.78, 5) is 0. The van der Waals surface area contributed by atoms with Crippen LogP contribution in [0.4, 0.5) is 0 Å². The van der Waals surface area contributed by atoms with E-state index in [1.165, 1.54) is 11.1 Å². The van der Waals surface area contributed by atoms with Crippen LogP contribution in [0.5, 0.6) is 0 Å². The maximum absolute atomic E-state index is 10.9. The molecular weight excluding hydrogens is 360 g/mol. The van der Waals surface area contributed by atoms with Gasteiger partial charge in [0.25, 0.3) is 0 Å². The number of allylic oxidation sites excluding steroid dienone is 1. The molecule has 1 nitrogen and oxygen atoms in total. The zero-order valence-corrected chi connectivity index (χ0v) is 15.5. The van der Waals surface area contributed by atoms with Crippen LogP contribution in [0.15, 0.2) is 71.2 Å². The summed E-state index contributed by atoms with van der Waals surface area (Å²) in [6.07, 6.45) is 1.88. The SMILES string of the molecule is CC1(C)C2(c3ccccc3)C3C=C(Br)[C@H](O)C3C12c1ccccc1. The summed E-state index contributed by atoms with van der Waals surface area (Å²) in [6.45, 7) is 4.78. The van der Waals surface area contributed by atoms with Gasteiger partial charge < -0.3 is 5.11 Å². The third-order valence-corrected chi connectivity index (χ3v) is 8.07. The minimum absolute atomic E-state index is 0.00127. The molecule has 2 fully saturated rings. The zero-order valence-electron chi connectivity index (χ0n) is 13.9. The van der Waals surface area contributed by atoms with Crippen LogP contribution >= 0.6 is 15.9 Å². The molecule has 2 heteroatoms. The predicted molar refractivity (Wildman–Crippen MR) is 100 cm³/mol. The molecule has 0 radical (unpaired) electrons. The number of fused-ring (bicyclic) bond motifs is 4. The van der Waals surface area contributed by atoms with Gasteiger partial charge in [-0.2, -0.15) is 0 Å². The van der Waals surface area contributed by atoms with Gasteiger partial charge in [-0.05, 0) is 22.5 Å². The average molecular weight is 381 g/mol. The van der Waals surface area contributed by atoms with Gasteiger partial charge in [-0.1, -0.05) is 96.5 Å². The van der Waals surface area contributed by atoms with Crippen molar-refractivity contribution >= 4 is 15.9 Å². The topological polar surface area (TPSA) is 20.2 Å². The normalized spacial score (nSPS) is 41.0. The lowest BCUT2D eigenvalue weighted by Gasteiger charge is -2.49. The molecule has 0 spiro atoms. The molecule has 3 aliphatic rings. The van der Waals surface area contributed by atoms with Crippen molar-refractivity contribution in [2.24, 2.45) is 17.3 Å². The fourth-order valence-corrected chi connectivity index (χ4v) is 7.38. The largest absolute Gasteiger partial charge is 0.388 e. The second-order valence-electron chi connectivity index (χ2n) is 8.02. The molecule has 2 aromatic carbocycles. The number of rotatable bonds is 2. The van der Waals surface area contributed by atoms with Gasteiger partial charge in [0.2, 0.25) is 0 Å². The summed E-state index contributed by atoms with van der Waals surface area (Å²) in [5.41, 5.74) is 2.96. The Balaban J connectivity index is 1.79. The molecule has 0 aliphatic heterocycles. The molecule has 0 aromatic heterocycles. The summed E-state index contributed by atoms with van der Waals surface area (Å²) in [5, 5.41) is 10.9. The van der Waals surface area contributed by atoms with Crippen LogP contribution in [-0.2, 0) is 10.8 Å². The van der Waals surface area contributed by atoms with Gasteiger partial charge in [0, 0.05) is 21.2 Å². The standard InChI is InChI=1S/C22H21BrO/c1-20(2)21(14-9-5-3-6-10-14)16-13-17(23)19(24)18(16)22(20,21)15-11-7-4-8-12-15/h3-13,16,18-19,24H,1-2H3/t16?,18?,19-,21?,22?/m0/s1. The summed E-state index contributed by atoms with van der Waals surface area (Å²) in [6, 6.07) is 21.8. The Bertz CT molecular complexity index is 841. The number of hydrogen-bond donors (Lipinski definition) is 1. The van der Waals surface area contributed by atoms with Gasteiger partial charge in [-0.25, -0.2) is 0 Å². The highest BCUT2D eigenvalue weighted by Gasteiger charge is 2.96. The first-order chi connectivity index (χ1) is 11.5. The van der Waals surface area contributed by atoms with E-state index >= 15 is 0 Å². The lowest BCUT2D eigenvalue weighted by atomic mass is 9.53. The van der Waals surface area contributed by atoms with Crippen molar-refractivity contribution in [3.05, 3.63) is 82.3 Å².